The number of aromatic amines is 1. The van der Waals surface area contributed by atoms with Gasteiger partial charge in [0.25, 0.3) is 5.91 Å². The van der Waals surface area contributed by atoms with Crippen molar-refractivity contribution in [3.05, 3.63) is 73.1 Å². The second-order valence-corrected chi connectivity index (χ2v) is 11.6. The third-order valence-electron chi connectivity index (χ3n) is 5.93. The SMILES string of the molecule is C=C(C)C(=O)Nc1cccc(-c2cnc3[nH]cc(-c4cccc(S(=O)(=O)N(C)C(C)(C)C)c4)c3n2)c1. The minimum atomic E-state index is -3.69. The van der Waals surface area contributed by atoms with Crippen LogP contribution in [0, 0.1) is 0 Å². The minimum Gasteiger partial charge on any atom is -0.344 e. The van der Waals surface area contributed by atoms with Crippen LogP contribution in [0.5, 0.6) is 0 Å². The first kappa shape index (κ1) is 25.3. The number of anilines is 1. The lowest BCUT2D eigenvalue weighted by molar-refractivity contribution is -0.112. The van der Waals surface area contributed by atoms with E-state index in [1.165, 1.54) is 4.31 Å². The number of nitrogens with one attached hydrogen (secondary N) is 2. The molecule has 2 aromatic heterocycles. The van der Waals surface area contributed by atoms with E-state index < -0.39 is 15.6 Å². The van der Waals surface area contributed by atoms with Crippen LogP contribution in [0.25, 0.3) is 33.5 Å². The van der Waals surface area contributed by atoms with Crippen LogP contribution < -0.4 is 5.32 Å². The van der Waals surface area contributed by atoms with Crippen molar-refractivity contribution in [2.75, 3.05) is 12.4 Å². The molecule has 0 unspecified atom stereocenters. The summed E-state index contributed by atoms with van der Waals surface area (Å²) in [6.07, 6.45) is 3.43. The molecule has 186 valence electrons. The molecule has 0 aliphatic rings. The Kier molecular flexibility index (Phi) is 6.55. The van der Waals surface area contributed by atoms with Gasteiger partial charge in [-0.2, -0.15) is 4.31 Å². The molecule has 2 aromatic carbocycles. The topological polar surface area (TPSA) is 108 Å². The lowest BCUT2D eigenvalue weighted by Gasteiger charge is -2.30. The highest BCUT2D eigenvalue weighted by molar-refractivity contribution is 7.89. The number of sulfonamides is 1. The van der Waals surface area contributed by atoms with E-state index in [2.05, 4.69) is 21.9 Å². The molecule has 0 atom stereocenters. The fourth-order valence-electron chi connectivity index (χ4n) is 3.59. The van der Waals surface area contributed by atoms with Gasteiger partial charge in [-0.15, -0.1) is 0 Å². The second kappa shape index (κ2) is 9.33. The average Bonchev–Trinajstić information content (AvgIpc) is 3.26. The highest BCUT2D eigenvalue weighted by Crippen LogP contribution is 2.31. The number of carbonyl (C=O) groups is 1. The van der Waals surface area contributed by atoms with E-state index >= 15 is 0 Å². The van der Waals surface area contributed by atoms with Crippen LogP contribution in [-0.2, 0) is 14.8 Å². The molecule has 1 amide bonds. The van der Waals surface area contributed by atoms with Crippen LogP contribution in [0.2, 0.25) is 0 Å². The van der Waals surface area contributed by atoms with Gasteiger partial charge >= 0.3 is 0 Å². The standard InChI is InChI=1S/C27H29N5O3S/c1-17(2)26(33)30-20-11-7-10-19(13-20)23-16-29-25-24(31-23)22(15-28-25)18-9-8-12-21(14-18)36(34,35)32(6)27(3,4)5/h7-16H,1H2,2-6H3,(H,28,29)(H,30,33). The lowest BCUT2D eigenvalue weighted by atomic mass is 10.1. The van der Waals surface area contributed by atoms with Crippen molar-refractivity contribution in [2.45, 2.75) is 38.1 Å². The number of hydrogen-bond donors (Lipinski definition) is 2. The van der Waals surface area contributed by atoms with Crippen molar-refractivity contribution in [1.29, 1.82) is 0 Å². The van der Waals surface area contributed by atoms with Gasteiger partial charge in [-0.3, -0.25) is 4.79 Å². The number of carbonyl (C=O) groups excluding carboxylic acids is 1. The molecule has 0 saturated heterocycles. The fourth-order valence-corrected chi connectivity index (χ4v) is 5.15. The van der Waals surface area contributed by atoms with Crippen molar-refractivity contribution in [3.8, 4) is 22.4 Å². The highest BCUT2D eigenvalue weighted by Gasteiger charge is 2.30. The first-order valence-corrected chi connectivity index (χ1v) is 12.8. The van der Waals surface area contributed by atoms with Crippen LogP contribution in [0.3, 0.4) is 0 Å². The van der Waals surface area contributed by atoms with E-state index in [1.807, 2.05) is 45.0 Å². The summed E-state index contributed by atoms with van der Waals surface area (Å²) in [5, 5.41) is 2.81. The Morgan fingerprint density at radius 1 is 1.08 bits per heavy atom. The van der Waals surface area contributed by atoms with Crippen molar-refractivity contribution < 1.29 is 13.2 Å². The molecule has 0 saturated carbocycles. The Labute approximate surface area is 211 Å². The summed E-state index contributed by atoms with van der Waals surface area (Å²) in [6, 6.07) is 14.1. The zero-order chi connectivity index (χ0) is 26.3. The summed E-state index contributed by atoms with van der Waals surface area (Å²) in [6.45, 7) is 10.9. The van der Waals surface area contributed by atoms with Crippen LogP contribution >= 0.6 is 0 Å². The third-order valence-corrected chi connectivity index (χ3v) is 8.05. The molecule has 0 fully saturated rings. The Morgan fingerprint density at radius 3 is 2.47 bits per heavy atom. The van der Waals surface area contributed by atoms with Crippen molar-refractivity contribution >= 4 is 32.8 Å². The van der Waals surface area contributed by atoms with Gasteiger partial charge in [-0.05, 0) is 57.5 Å². The number of fused-ring (bicyclic) bond motifs is 1. The third kappa shape index (κ3) is 4.93. The van der Waals surface area contributed by atoms with Gasteiger partial charge in [0.1, 0.15) is 5.52 Å². The lowest BCUT2D eigenvalue weighted by Crippen LogP contribution is -2.42. The first-order chi connectivity index (χ1) is 16.9. The van der Waals surface area contributed by atoms with E-state index in [1.54, 1.807) is 50.6 Å². The minimum absolute atomic E-state index is 0.205. The largest absolute Gasteiger partial charge is 0.344 e. The Hall–Kier alpha value is -3.82. The Morgan fingerprint density at radius 2 is 1.78 bits per heavy atom. The molecule has 0 aliphatic heterocycles. The van der Waals surface area contributed by atoms with E-state index in [0.29, 0.717) is 33.7 Å². The Bertz CT molecular complexity index is 1580. The second-order valence-electron chi connectivity index (χ2n) is 9.64. The predicted octanol–water partition coefficient (Wildman–Crippen LogP) is 5.23. The van der Waals surface area contributed by atoms with E-state index in [0.717, 1.165) is 11.1 Å². The smallest absolute Gasteiger partial charge is 0.250 e. The first-order valence-electron chi connectivity index (χ1n) is 11.4. The summed E-state index contributed by atoms with van der Waals surface area (Å²) in [4.78, 5) is 24.7. The summed E-state index contributed by atoms with van der Waals surface area (Å²) < 4.78 is 27.8. The van der Waals surface area contributed by atoms with Gasteiger partial charge in [0, 0.05) is 41.2 Å². The van der Waals surface area contributed by atoms with Gasteiger partial charge in [0.2, 0.25) is 10.0 Å². The summed E-state index contributed by atoms with van der Waals surface area (Å²) in [5.41, 5.74) is 4.51. The molecule has 0 bridgehead atoms. The van der Waals surface area contributed by atoms with Crippen molar-refractivity contribution in [3.63, 3.8) is 0 Å². The summed E-state index contributed by atoms with van der Waals surface area (Å²) in [7, 11) is -2.11. The highest BCUT2D eigenvalue weighted by atomic mass is 32.2. The maximum Gasteiger partial charge on any atom is 0.250 e. The number of benzene rings is 2. The average molecular weight is 504 g/mol. The van der Waals surface area contributed by atoms with Crippen LogP contribution in [-0.4, -0.2) is 46.2 Å². The number of amides is 1. The maximum atomic E-state index is 13.2. The number of H-pyrrole nitrogens is 1. The van der Waals surface area contributed by atoms with E-state index in [4.69, 9.17) is 4.98 Å². The molecule has 4 aromatic rings. The number of rotatable bonds is 6. The number of nitrogens with zero attached hydrogens (tertiary/aromatic N) is 3. The van der Waals surface area contributed by atoms with Crippen molar-refractivity contribution in [1.82, 2.24) is 19.3 Å². The quantitative estimate of drug-likeness (QED) is 0.351. The molecule has 9 heteroatoms. The van der Waals surface area contributed by atoms with Gasteiger partial charge in [0.05, 0.1) is 16.8 Å². The molecule has 2 N–H and O–H groups in total. The van der Waals surface area contributed by atoms with Crippen LogP contribution in [0.4, 0.5) is 5.69 Å². The molecule has 2 heterocycles. The zero-order valence-corrected chi connectivity index (χ0v) is 21.8. The van der Waals surface area contributed by atoms with Gasteiger partial charge in [-0.25, -0.2) is 18.4 Å². The van der Waals surface area contributed by atoms with E-state index in [9.17, 15) is 13.2 Å². The van der Waals surface area contributed by atoms with Gasteiger partial charge in [-0.1, -0.05) is 30.8 Å². The molecule has 0 spiro atoms. The molecule has 4 rings (SSSR count). The molecular weight excluding hydrogens is 474 g/mol. The molecule has 0 radical (unpaired) electrons. The fraction of sp³-hybridized carbons (Fsp3) is 0.222. The molecular formula is C27H29N5O3S. The zero-order valence-electron chi connectivity index (χ0n) is 21.0. The predicted molar refractivity (Wildman–Crippen MR) is 143 cm³/mol. The number of hydrogen-bond acceptors (Lipinski definition) is 5. The number of aromatic nitrogens is 3. The normalized spacial score (nSPS) is 12.2. The Balaban J connectivity index is 1.74. The molecule has 0 aliphatic carbocycles. The summed E-state index contributed by atoms with van der Waals surface area (Å²) in [5.74, 6) is -0.256. The van der Waals surface area contributed by atoms with Crippen molar-refractivity contribution in [2.24, 2.45) is 0 Å². The molecule has 36 heavy (non-hydrogen) atoms. The monoisotopic (exact) mass is 503 g/mol. The van der Waals surface area contributed by atoms with Gasteiger partial charge < -0.3 is 10.3 Å². The maximum absolute atomic E-state index is 13.2. The van der Waals surface area contributed by atoms with Gasteiger partial charge in [0.15, 0.2) is 5.65 Å². The van der Waals surface area contributed by atoms with E-state index in [-0.39, 0.29) is 10.8 Å². The van der Waals surface area contributed by atoms with Crippen LogP contribution in [0.1, 0.15) is 27.7 Å². The summed E-state index contributed by atoms with van der Waals surface area (Å²) >= 11 is 0. The van der Waals surface area contributed by atoms with Crippen LogP contribution in [0.15, 0.2) is 78.0 Å². The molecule has 8 nitrogen and oxygen atoms in total.